The zero-order valence-corrected chi connectivity index (χ0v) is 9.67. The Morgan fingerprint density at radius 2 is 2.12 bits per heavy atom. The first-order chi connectivity index (χ1) is 7.62. The van der Waals surface area contributed by atoms with Gasteiger partial charge < -0.3 is 10.8 Å². The predicted molar refractivity (Wildman–Crippen MR) is 63.3 cm³/mol. The molecule has 2 rings (SSSR count). The quantitative estimate of drug-likeness (QED) is 0.843. The predicted octanol–water partition coefficient (Wildman–Crippen LogP) is 2.15. The summed E-state index contributed by atoms with van der Waals surface area (Å²) in [6.45, 7) is 0. The number of aromatic nitrogens is 1. The Bertz CT molecular complexity index is 385. The maximum Gasteiger partial charge on any atom is 0.320 e. The second-order valence-corrected chi connectivity index (χ2v) is 5.48. The summed E-state index contributed by atoms with van der Waals surface area (Å²) in [4.78, 5) is 16.2. The van der Waals surface area contributed by atoms with Crippen molar-refractivity contribution in [1.82, 2.24) is 4.98 Å². The lowest BCUT2D eigenvalue weighted by atomic mass is 10.1. The lowest BCUT2D eigenvalue weighted by Crippen LogP contribution is -2.31. The van der Waals surface area contributed by atoms with Crippen molar-refractivity contribution >= 4 is 23.5 Å². The topological polar surface area (TPSA) is 76.2 Å². The second-order valence-electron chi connectivity index (χ2n) is 4.03. The largest absolute Gasteiger partial charge is 0.480 e. The van der Waals surface area contributed by atoms with Crippen LogP contribution < -0.4 is 5.73 Å². The van der Waals surface area contributed by atoms with Gasteiger partial charge in [-0.25, -0.2) is 4.98 Å². The van der Waals surface area contributed by atoms with Gasteiger partial charge in [-0.3, -0.25) is 4.79 Å². The number of aliphatic carboxylic acids is 1. The van der Waals surface area contributed by atoms with Crippen LogP contribution in [0.4, 0.5) is 5.82 Å². The summed E-state index contributed by atoms with van der Waals surface area (Å²) in [7, 11) is 0. The molecule has 86 valence electrons. The van der Waals surface area contributed by atoms with Crippen LogP contribution in [0.2, 0.25) is 0 Å². The van der Waals surface area contributed by atoms with E-state index in [9.17, 15) is 9.90 Å². The van der Waals surface area contributed by atoms with Gasteiger partial charge in [-0.05, 0) is 25.0 Å². The van der Waals surface area contributed by atoms with Crippen molar-refractivity contribution in [1.29, 1.82) is 0 Å². The highest BCUT2D eigenvalue weighted by atomic mass is 32.2. The standard InChI is InChI=1S/C11H14N2O2S/c12-9-4-3-8(7-13-9)16-11(10(14)15)5-1-2-6-11/h3-4,7H,1-2,5-6H2,(H2,12,13)(H,14,15). The van der Waals surface area contributed by atoms with Crippen LogP contribution in [-0.4, -0.2) is 20.8 Å². The van der Waals surface area contributed by atoms with E-state index in [1.54, 1.807) is 12.3 Å². The fourth-order valence-corrected chi connectivity index (χ4v) is 3.26. The van der Waals surface area contributed by atoms with E-state index in [4.69, 9.17) is 5.73 Å². The second kappa shape index (κ2) is 4.33. The number of pyridine rings is 1. The van der Waals surface area contributed by atoms with E-state index in [0.29, 0.717) is 5.82 Å². The van der Waals surface area contributed by atoms with E-state index < -0.39 is 10.7 Å². The molecule has 3 N–H and O–H groups in total. The number of nitrogens with zero attached hydrogens (tertiary/aromatic N) is 1. The monoisotopic (exact) mass is 238 g/mol. The third kappa shape index (κ3) is 2.14. The summed E-state index contributed by atoms with van der Waals surface area (Å²) in [6, 6.07) is 3.53. The van der Waals surface area contributed by atoms with Gasteiger partial charge in [-0.15, -0.1) is 11.8 Å². The molecule has 0 radical (unpaired) electrons. The van der Waals surface area contributed by atoms with Crippen molar-refractivity contribution in [3.05, 3.63) is 18.3 Å². The minimum absolute atomic E-state index is 0.458. The maximum atomic E-state index is 11.3. The molecule has 0 unspecified atom stereocenters. The third-order valence-corrected chi connectivity index (χ3v) is 4.32. The molecule has 1 heterocycles. The van der Waals surface area contributed by atoms with Crippen LogP contribution in [0.15, 0.2) is 23.2 Å². The number of rotatable bonds is 3. The van der Waals surface area contributed by atoms with Crippen molar-refractivity contribution in [2.45, 2.75) is 35.3 Å². The minimum atomic E-state index is -0.716. The first kappa shape index (κ1) is 11.3. The molecular weight excluding hydrogens is 224 g/mol. The molecule has 0 bridgehead atoms. The van der Waals surface area contributed by atoms with E-state index in [2.05, 4.69) is 4.98 Å². The molecule has 0 spiro atoms. The Morgan fingerprint density at radius 1 is 1.44 bits per heavy atom. The van der Waals surface area contributed by atoms with Crippen molar-refractivity contribution in [2.24, 2.45) is 0 Å². The van der Waals surface area contributed by atoms with Crippen molar-refractivity contribution < 1.29 is 9.90 Å². The molecule has 4 nitrogen and oxygen atoms in total. The molecule has 16 heavy (non-hydrogen) atoms. The van der Waals surface area contributed by atoms with Crippen LogP contribution in [-0.2, 0) is 4.79 Å². The molecule has 0 aliphatic heterocycles. The lowest BCUT2D eigenvalue weighted by molar-refractivity contribution is -0.139. The van der Waals surface area contributed by atoms with E-state index in [1.165, 1.54) is 11.8 Å². The van der Waals surface area contributed by atoms with Crippen LogP contribution in [0.25, 0.3) is 0 Å². The van der Waals surface area contributed by atoms with Crippen LogP contribution in [0.3, 0.4) is 0 Å². The number of hydrogen-bond donors (Lipinski definition) is 2. The Labute approximate surface area is 98.3 Å². The number of carbonyl (C=O) groups is 1. The van der Waals surface area contributed by atoms with Crippen LogP contribution in [0, 0.1) is 0 Å². The van der Waals surface area contributed by atoms with E-state index in [1.807, 2.05) is 6.07 Å². The van der Waals surface area contributed by atoms with Gasteiger partial charge >= 0.3 is 5.97 Å². The van der Waals surface area contributed by atoms with Crippen molar-refractivity contribution in [3.63, 3.8) is 0 Å². The van der Waals surface area contributed by atoms with Gasteiger partial charge in [0.05, 0.1) is 0 Å². The highest BCUT2D eigenvalue weighted by Gasteiger charge is 2.42. The number of hydrogen-bond acceptors (Lipinski definition) is 4. The molecule has 1 aliphatic rings. The van der Waals surface area contributed by atoms with E-state index in [-0.39, 0.29) is 0 Å². The minimum Gasteiger partial charge on any atom is -0.480 e. The molecule has 1 saturated carbocycles. The van der Waals surface area contributed by atoms with Crippen molar-refractivity contribution in [2.75, 3.05) is 5.73 Å². The Morgan fingerprint density at radius 3 is 2.62 bits per heavy atom. The fraction of sp³-hybridized carbons (Fsp3) is 0.455. The molecule has 0 saturated heterocycles. The Kier molecular flexibility index (Phi) is 3.05. The van der Waals surface area contributed by atoms with Gasteiger partial charge in [-0.2, -0.15) is 0 Å². The van der Waals surface area contributed by atoms with Gasteiger partial charge in [0, 0.05) is 11.1 Å². The SMILES string of the molecule is Nc1ccc(SC2(C(=O)O)CCCC2)cn1. The molecule has 0 amide bonds. The molecule has 0 atom stereocenters. The summed E-state index contributed by atoms with van der Waals surface area (Å²) in [5.41, 5.74) is 5.49. The Balaban J connectivity index is 2.18. The number of carboxylic acid groups (broad SMARTS) is 1. The summed E-state index contributed by atoms with van der Waals surface area (Å²) in [6.07, 6.45) is 5.08. The third-order valence-electron chi connectivity index (χ3n) is 2.87. The first-order valence-corrected chi connectivity index (χ1v) is 6.08. The summed E-state index contributed by atoms with van der Waals surface area (Å²) < 4.78 is -0.655. The maximum absolute atomic E-state index is 11.3. The number of nitrogen functional groups attached to an aromatic ring is 1. The normalized spacial score (nSPS) is 18.5. The molecule has 1 fully saturated rings. The first-order valence-electron chi connectivity index (χ1n) is 5.26. The zero-order chi connectivity index (χ0) is 11.6. The average molecular weight is 238 g/mol. The molecule has 1 aromatic heterocycles. The smallest absolute Gasteiger partial charge is 0.320 e. The molecular formula is C11H14N2O2S. The van der Waals surface area contributed by atoms with Gasteiger partial charge in [-0.1, -0.05) is 12.8 Å². The van der Waals surface area contributed by atoms with Crippen molar-refractivity contribution in [3.8, 4) is 0 Å². The highest BCUT2D eigenvalue weighted by Crippen LogP contribution is 2.45. The van der Waals surface area contributed by atoms with E-state index in [0.717, 1.165) is 30.6 Å². The summed E-state index contributed by atoms with van der Waals surface area (Å²) in [5, 5.41) is 9.31. The van der Waals surface area contributed by atoms with E-state index >= 15 is 0 Å². The molecule has 5 heteroatoms. The van der Waals surface area contributed by atoms with Crippen LogP contribution in [0.1, 0.15) is 25.7 Å². The number of carboxylic acids is 1. The van der Waals surface area contributed by atoms with Gasteiger partial charge in [0.2, 0.25) is 0 Å². The highest BCUT2D eigenvalue weighted by molar-refractivity contribution is 8.01. The fourth-order valence-electron chi connectivity index (χ4n) is 1.98. The summed E-state index contributed by atoms with van der Waals surface area (Å²) in [5.74, 6) is -0.257. The van der Waals surface area contributed by atoms with Gasteiger partial charge in [0.15, 0.2) is 0 Å². The lowest BCUT2D eigenvalue weighted by Gasteiger charge is -2.22. The number of anilines is 1. The van der Waals surface area contributed by atoms with Crippen LogP contribution in [0.5, 0.6) is 0 Å². The molecule has 0 aromatic carbocycles. The molecule has 1 aromatic rings. The zero-order valence-electron chi connectivity index (χ0n) is 8.85. The molecule has 1 aliphatic carbocycles. The van der Waals surface area contributed by atoms with Gasteiger partial charge in [0.25, 0.3) is 0 Å². The van der Waals surface area contributed by atoms with Gasteiger partial charge in [0.1, 0.15) is 10.6 Å². The Hall–Kier alpha value is -1.23. The number of nitrogens with two attached hydrogens (primary N) is 1. The number of thioether (sulfide) groups is 1. The van der Waals surface area contributed by atoms with Crippen LogP contribution >= 0.6 is 11.8 Å². The average Bonchev–Trinajstić information content (AvgIpc) is 2.71. The summed E-state index contributed by atoms with van der Waals surface area (Å²) >= 11 is 1.40.